The summed E-state index contributed by atoms with van der Waals surface area (Å²) in [5.41, 5.74) is 2.26. The lowest BCUT2D eigenvalue weighted by Crippen LogP contribution is -2.13. The highest BCUT2D eigenvalue weighted by molar-refractivity contribution is 6.01. The van der Waals surface area contributed by atoms with Gasteiger partial charge in [-0.1, -0.05) is 35.5 Å². The van der Waals surface area contributed by atoms with E-state index in [1.807, 2.05) is 30.3 Å². The zero-order chi connectivity index (χ0) is 14.2. The Kier molecular flexibility index (Phi) is 4.89. The molecule has 0 saturated carbocycles. The molecular formula is C16H15NO3. The van der Waals surface area contributed by atoms with Crippen molar-refractivity contribution >= 4 is 12.0 Å². The number of nitrogens with zero attached hydrogens (tertiary/aromatic N) is 1. The number of benzene rings is 2. The highest BCUT2D eigenvalue weighted by atomic mass is 16.6. The monoisotopic (exact) mass is 269 g/mol. The molecule has 0 aliphatic rings. The highest BCUT2D eigenvalue weighted by Gasteiger charge is 2.05. The van der Waals surface area contributed by atoms with Crippen molar-refractivity contribution in [3.8, 4) is 5.75 Å². The summed E-state index contributed by atoms with van der Waals surface area (Å²) in [6.45, 7) is 0.290. The SMILES string of the molecule is CON=C(COc1ccc(C=O)cc1)c1ccccc1. The smallest absolute Gasteiger partial charge is 0.150 e. The van der Waals surface area contributed by atoms with Crippen molar-refractivity contribution in [2.24, 2.45) is 5.16 Å². The first-order chi connectivity index (χ1) is 9.83. The largest absolute Gasteiger partial charge is 0.487 e. The second-order valence-electron chi connectivity index (χ2n) is 4.06. The van der Waals surface area contributed by atoms with Crippen molar-refractivity contribution in [3.63, 3.8) is 0 Å². The average Bonchev–Trinajstić information content (AvgIpc) is 2.53. The van der Waals surface area contributed by atoms with Gasteiger partial charge in [0.05, 0.1) is 0 Å². The second kappa shape index (κ2) is 7.09. The highest BCUT2D eigenvalue weighted by Crippen LogP contribution is 2.12. The zero-order valence-electron chi connectivity index (χ0n) is 11.2. The number of hydrogen-bond acceptors (Lipinski definition) is 4. The molecule has 0 aliphatic heterocycles. The van der Waals surface area contributed by atoms with Crippen molar-refractivity contribution in [2.45, 2.75) is 0 Å². The maximum absolute atomic E-state index is 10.6. The van der Waals surface area contributed by atoms with E-state index >= 15 is 0 Å². The number of ether oxygens (including phenoxy) is 1. The van der Waals surface area contributed by atoms with E-state index in [2.05, 4.69) is 5.16 Å². The number of hydrogen-bond donors (Lipinski definition) is 0. The Morgan fingerprint density at radius 3 is 2.40 bits per heavy atom. The first kappa shape index (κ1) is 13.8. The van der Waals surface area contributed by atoms with Crippen molar-refractivity contribution in [1.82, 2.24) is 0 Å². The summed E-state index contributed by atoms with van der Waals surface area (Å²) in [6.07, 6.45) is 0.797. The minimum atomic E-state index is 0.290. The Balaban J connectivity index is 2.06. The molecule has 0 radical (unpaired) electrons. The predicted octanol–water partition coefficient (Wildman–Crippen LogP) is 2.93. The van der Waals surface area contributed by atoms with Crippen LogP contribution in [0, 0.1) is 0 Å². The van der Waals surface area contributed by atoms with Gasteiger partial charge in [0, 0.05) is 11.1 Å². The van der Waals surface area contributed by atoms with Crippen molar-refractivity contribution < 1.29 is 14.4 Å². The molecule has 0 N–H and O–H groups in total. The Bertz CT molecular complexity index is 576. The van der Waals surface area contributed by atoms with Crippen LogP contribution >= 0.6 is 0 Å². The summed E-state index contributed by atoms with van der Waals surface area (Å²) in [7, 11) is 1.50. The molecule has 0 saturated heterocycles. The summed E-state index contributed by atoms with van der Waals surface area (Å²) in [4.78, 5) is 15.4. The Labute approximate surface area is 117 Å². The fraction of sp³-hybridized carbons (Fsp3) is 0.125. The molecule has 2 rings (SSSR count). The Hall–Kier alpha value is -2.62. The molecule has 2 aromatic rings. The van der Waals surface area contributed by atoms with Crippen LogP contribution in [0.4, 0.5) is 0 Å². The fourth-order valence-electron chi connectivity index (χ4n) is 1.70. The van der Waals surface area contributed by atoms with E-state index in [1.165, 1.54) is 7.11 Å². The van der Waals surface area contributed by atoms with Crippen LogP contribution in [0.1, 0.15) is 15.9 Å². The van der Waals surface area contributed by atoms with Gasteiger partial charge in [-0.25, -0.2) is 0 Å². The van der Waals surface area contributed by atoms with Gasteiger partial charge in [-0.3, -0.25) is 4.79 Å². The van der Waals surface area contributed by atoms with Gasteiger partial charge in [-0.05, 0) is 24.3 Å². The standard InChI is InChI=1S/C16H15NO3/c1-19-17-16(14-5-3-2-4-6-14)12-20-15-9-7-13(11-18)8-10-15/h2-11H,12H2,1H3. The van der Waals surface area contributed by atoms with Gasteiger partial charge < -0.3 is 9.57 Å². The minimum absolute atomic E-state index is 0.290. The van der Waals surface area contributed by atoms with Crippen LogP contribution in [0.3, 0.4) is 0 Å². The molecule has 0 aromatic heterocycles. The third kappa shape index (κ3) is 3.68. The third-order valence-corrected chi connectivity index (χ3v) is 2.70. The van der Waals surface area contributed by atoms with Crippen LogP contribution in [0.25, 0.3) is 0 Å². The molecule has 0 spiro atoms. The number of aldehydes is 1. The van der Waals surface area contributed by atoms with Crippen LogP contribution in [0.15, 0.2) is 59.8 Å². The predicted molar refractivity (Wildman–Crippen MR) is 77.3 cm³/mol. The lowest BCUT2D eigenvalue weighted by atomic mass is 10.1. The molecule has 0 atom stereocenters. The number of rotatable bonds is 6. The summed E-state index contributed by atoms with van der Waals surface area (Å²) < 4.78 is 5.65. The van der Waals surface area contributed by atoms with E-state index < -0.39 is 0 Å². The molecule has 0 unspecified atom stereocenters. The van der Waals surface area contributed by atoms with E-state index in [4.69, 9.17) is 9.57 Å². The molecule has 0 heterocycles. The third-order valence-electron chi connectivity index (χ3n) is 2.70. The lowest BCUT2D eigenvalue weighted by molar-refractivity contribution is 0.112. The summed E-state index contributed by atoms with van der Waals surface area (Å²) >= 11 is 0. The molecule has 102 valence electrons. The molecular weight excluding hydrogens is 254 g/mol. The maximum atomic E-state index is 10.6. The Morgan fingerprint density at radius 2 is 1.80 bits per heavy atom. The van der Waals surface area contributed by atoms with Crippen LogP contribution in [-0.4, -0.2) is 25.7 Å². The van der Waals surface area contributed by atoms with Crippen LogP contribution in [0.5, 0.6) is 5.75 Å². The van der Waals surface area contributed by atoms with Gasteiger partial charge in [-0.2, -0.15) is 0 Å². The number of carbonyl (C=O) groups excluding carboxylic acids is 1. The average molecular weight is 269 g/mol. The van der Waals surface area contributed by atoms with Gasteiger partial charge >= 0.3 is 0 Å². The van der Waals surface area contributed by atoms with Crippen molar-refractivity contribution in [1.29, 1.82) is 0 Å². The van der Waals surface area contributed by atoms with E-state index in [0.717, 1.165) is 11.8 Å². The van der Waals surface area contributed by atoms with Gasteiger partial charge in [0.2, 0.25) is 0 Å². The lowest BCUT2D eigenvalue weighted by Gasteiger charge is -2.08. The summed E-state index contributed by atoms with van der Waals surface area (Å²) in [5.74, 6) is 0.676. The topological polar surface area (TPSA) is 47.9 Å². The molecule has 20 heavy (non-hydrogen) atoms. The van der Waals surface area contributed by atoms with Gasteiger partial charge in [-0.15, -0.1) is 0 Å². The molecule has 4 nitrogen and oxygen atoms in total. The van der Waals surface area contributed by atoms with Gasteiger partial charge in [0.15, 0.2) is 0 Å². The number of carbonyl (C=O) groups is 1. The molecule has 0 bridgehead atoms. The maximum Gasteiger partial charge on any atom is 0.150 e. The molecule has 0 aliphatic carbocycles. The molecule has 4 heteroatoms. The zero-order valence-corrected chi connectivity index (χ0v) is 11.2. The molecule has 0 fully saturated rings. The van der Waals surface area contributed by atoms with Crippen molar-refractivity contribution in [3.05, 3.63) is 65.7 Å². The van der Waals surface area contributed by atoms with Gasteiger partial charge in [0.25, 0.3) is 0 Å². The number of oxime groups is 1. The first-order valence-electron chi connectivity index (χ1n) is 6.17. The minimum Gasteiger partial charge on any atom is -0.487 e. The van der Waals surface area contributed by atoms with Crippen LogP contribution in [0.2, 0.25) is 0 Å². The first-order valence-corrected chi connectivity index (χ1v) is 6.17. The van der Waals surface area contributed by atoms with E-state index in [9.17, 15) is 4.79 Å². The normalized spacial score (nSPS) is 10.9. The summed E-state index contributed by atoms with van der Waals surface area (Å²) in [6, 6.07) is 16.6. The van der Waals surface area contributed by atoms with E-state index in [0.29, 0.717) is 17.0 Å². The van der Waals surface area contributed by atoms with Crippen LogP contribution in [-0.2, 0) is 4.84 Å². The summed E-state index contributed by atoms with van der Waals surface area (Å²) in [5, 5.41) is 3.98. The van der Waals surface area contributed by atoms with E-state index in [-0.39, 0.29) is 6.61 Å². The molecule has 0 amide bonds. The van der Waals surface area contributed by atoms with Crippen molar-refractivity contribution in [2.75, 3.05) is 13.7 Å². The van der Waals surface area contributed by atoms with Crippen LogP contribution < -0.4 is 4.74 Å². The molecule has 2 aromatic carbocycles. The fourth-order valence-corrected chi connectivity index (χ4v) is 1.70. The second-order valence-corrected chi connectivity index (χ2v) is 4.06. The van der Waals surface area contributed by atoms with E-state index in [1.54, 1.807) is 24.3 Å². The quantitative estimate of drug-likeness (QED) is 0.460. The van der Waals surface area contributed by atoms with Gasteiger partial charge in [0.1, 0.15) is 31.5 Å². The Morgan fingerprint density at radius 1 is 1.10 bits per heavy atom.